The Morgan fingerprint density at radius 3 is 2.57 bits per heavy atom. The monoisotopic (exact) mass is 308 g/mol. The van der Waals surface area contributed by atoms with Gasteiger partial charge in [0.05, 0.1) is 22.5 Å². The molecule has 0 saturated heterocycles. The second-order valence-corrected chi connectivity index (χ2v) is 6.10. The summed E-state index contributed by atoms with van der Waals surface area (Å²) in [5, 5.41) is 10.7. The summed E-state index contributed by atoms with van der Waals surface area (Å²) < 4.78 is 26.0. The second-order valence-electron chi connectivity index (χ2n) is 4.16. The number of sulfonamides is 1. The molecule has 0 aliphatic heterocycles. The first-order chi connectivity index (χ1) is 9.84. The summed E-state index contributed by atoms with van der Waals surface area (Å²) in [6.07, 6.45) is 2.91. The fraction of sp³-hybridized carbons (Fsp3) is 0.0833. The van der Waals surface area contributed by atoms with Crippen molar-refractivity contribution in [2.75, 3.05) is 17.1 Å². The van der Waals surface area contributed by atoms with Crippen molar-refractivity contribution >= 4 is 27.1 Å². The van der Waals surface area contributed by atoms with Crippen LogP contribution in [-0.4, -0.2) is 25.4 Å². The van der Waals surface area contributed by atoms with Gasteiger partial charge >= 0.3 is 0 Å². The van der Waals surface area contributed by atoms with Gasteiger partial charge in [0.2, 0.25) is 0 Å². The van der Waals surface area contributed by atoms with E-state index < -0.39 is 14.9 Å². The zero-order valence-corrected chi connectivity index (χ0v) is 11.8. The molecule has 0 amide bonds. The van der Waals surface area contributed by atoms with Gasteiger partial charge in [-0.3, -0.25) is 19.4 Å². The predicted molar refractivity (Wildman–Crippen MR) is 77.3 cm³/mol. The van der Waals surface area contributed by atoms with E-state index in [1.165, 1.54) is 19.4 Å². The van der Waals surface area contributed by atoms with Gasteiger partial charge in [0.15, 0.2) is 0 Å². The lowest BCUT2D eigenvalue weighted by molar-refractivity contribution is -0.384. The van der Waals surface area contributed by atoms with Crippen molar-refractivity contribution in [1.29, 1.82) is 0 Å². The molecule has 21 heavy (non-hydrogen) atoms. The van der Waals surface area contributed by atoms with Gasteiger partial charge in [-0.15, -0.1) is 0 Å². The first kappa shape index (κ1) is 14.7. The van der Waals surface area contributed by atoms with Gasteiger partial charge in [0.1, 0.15) is 4.90 Å². The summed E-state index contributed by atoms with van der Waals surface area (Å²) in [5.41, 5.74) is 5.54. The topological polar surface area (TPSA) is 119 Å². The van der Waals surface area contributed by atoms with Crippen LogP contribution < -0.4 is 10.0 Å². The molecule has 2 aromatic rings. The van der Waals surface area contributed by atoms with Crippen LogP contribution in [-0.2, 0) is 10.0 Å². The number of nitrogens with two attached hydrogens (primary N) is 1. The number of aromatic nitrogens is 1. The Morgan fingerprint density at radius 1 is 1.33 bits per heavy atom. The predicted octanol–water partition coefficient (Wildman–Crippen LogP) is 1.40. The highest BCUT2D eigenvalue weighted by Crippen LogP contribution is 2.28. The van der Waals surface area contributed by atoms with Crippen LogP contribution in [0, 0.1) is 10.1 Å². The van der Waals surface area contributed by atoms with E-state index in [9.17, 15) is 18.5 Å². The maximum atomic E-state index is 12.5. The molecule has 0 saturated carbocycles. The quantitative estimate of drug-likeness (QED) is 0.518. The standard InChI is InChI=1S/C12H12N4O4S/c1-15(10-3-2-6-14-8-10)21(19,20)12-5-4-9(16(17)18)7-11(12)13/h2-8H,13H2,1H3. The highest BCUT2D eigenvalue weighted by molar-refractivity contribution is 7.93. The summed E-state index contributed by atoms with van der Waals surface area (Å²) in [5.74, 6) is 0. The Bertz CT molecular complexity index is 777. The molecule has 0 unspecified atom stereocenters. The summed E-state index contributed by atoms with van der Waals surface area (Å²) >= 11 is 0. The fourth-order valence-corrected chi connectivity index (χ4v) is 2.99. The highest BCUT2D eigenvalue weighted by Gasteiger charge is 2.25. The van der Waals surface area contributed by atoms with Gasteiger partial charge in [-0.1, -0.05) is 0 Å². The van der Waals surface area contributed by atoms with Crippen LogP contribution in [0.2, 0.25) is 0 Å². The van der Waals surface area contributed by atoms with Crippen LogP contribution in [0.25, 0.3) is 0 Å². The number of benzene rings is 1. The SMILES string of the molecule is CN(c1cccnc1)S(=O)(=O)c1ccc([N+](=O)[O-])cc1N. The molecule has 1 aromatic carbocycles. The molecule has 0 aliphatic rings. The van der Waals surface area contributed by atoms with E-state index in [0.717, 1.165) is 22.5 Å². The first-order valence-electron chi connectivity index (χ1n) is 5.77. The smallest absolute Gasteiger partial charge is 0.271 e. The van der Waals surface area contributed by atoms with E-state index in [1.54, 1.807) is 12.1 Å². The van der Waals surface area contributed by atoms with Crippen molar-refractivity contribution in [2.45, 2.75) is 4.90 Å². The molecule has 0 atom stereocenters. The molecule has 0 aliphatic carbocycles. The number of hydrogen-bond acceptors (Lipinski definition) is 6. The van der Waals surface area contributed by atoms with Crippen LogP contribution in [0.4, 0.5) is 17.1 Å². The zero-order valence-electron chi connectivity index (χ0n) is 11.0. The van der Waals surface area contributed by atoms with E-state index in [2.05, 4.69) is 4.98 Å². The third kappa shape index (κ3) is 2.77. The molecule has 1 aromatic heterocycles. The van der Waals surface area contributed by atoms with Crippen molar-refractivity contribution in [3.05, 3.63) is 52.8 Å². The Hall–Kier alpha value is -2.68. The lowest BCUT2D eigenvalue weighted by Crippen LogP contribution is -2.27. The van der Waals surface area contributed by atoms with Crippen molar-refractivity contribution in [3.8, 4) is 0 Å². The third-order valence-electron chi connectivity index (χ3n) is 2.85. The summed E-state index contributed by atoms with van der Waals surface area (Å²) in [4.78, 5) is 13.7. The van der Waals surface area contributed by atoms with E-state index in [-0.39, 0.29) is 16.3 Å². The molecular formula is C12H12N4O4S. The van der Waals surface area contributed by atoms with Crippen LogP contribution in [0.3, 0.4) is 0 Å². The molecule has 1 heterocycles. The fourth-order valence-electron chi connectivity index (χ4n) is 1.71. The Morgan fingerprint density at radius 2 is 2.05 bits per heavy atom. The lowest BCUT2D eigenvalue weighted by atomic mass is 10.3. The minimum Gasteiger partial charge on any atom is -0.397 e. The summed E-state index contributed by atoms with van der Waals surface area (Å²) in [7, 11) is -2.57. The number of non-ortho nitro benzene ring substituents is 1. The molecule has 9 heteroatoms. The third-order valence-corrected chi connectivity index (χ3v) is 4.71. The van der Waals surface area contributed by atoms with E-state index in [1.807, 2.05) is 0 Å². The Balaban J connectivity index is 2.47. The average molecular weight is 308 g/mol. The highest BCUT2D eigenvalue weighted by atomic mass is 32.2. The number of nitro benzene ring substituents is 1. The first-order valence-corrected chi connectivity index (χ1v) is 7.21. The molecule has 0 fully saturated rings. The van der Waals surface area contributed by atoms with Crippen molar-refractivity contribution in [2.24, 2.45) is 0 Å². The average Bonchev–Trinajstić information content (AvgIpc) is 2.46. The van der Waals surface area contributed by atoms with Gasteiger partial charge in [-0.25, -0.2) is 8.42 Å². The van der Waals surface area contributed by atoms with Gasteiger partial charge in [0, 0.05) is 25.4 Å². The van der Waals surface area contributed by atoms with Gasteiger partial charge in [-0.05, 0) is 18.2 Å². The van der Waals surface area contributed by atoms with Crippen LogP contribution in [0.15, 0.2) is 47.6 Å². The van der Waals surface area contributed by atoms with Gasteiger partial charge < -0.3 is 5.73 Å². The molecule has 0 radical (unpaired) electrons. The largest absolute Gasteiger partial charge is 0.397 e. The molecular weight excluding hydrogens is 296 g/mol. The summed E-state index contributed by atoms with van der Waals surface area (Å²) in [6, 6.07) is 6.41. The van der Waals surface area contributed by atoms with Gasteiger partial charge in [-0.2, -0.15) is 0 Å². The van der Waals surface area contributed by atoms with Crippen molar-refractivity contribution in [3.63, 3.8) is 0 Å². The maximum absolute atomic E-state index is 12.5. The number of pyridine rings is 1. The number of hydrogen-bond donors (Lipinski definition) is 1. The maximum Gasteiger partial charge on any atom is 0.271 e. The second kappa shape index (κ2) is 5.37. The Kier molecular flexibility index (Phi) is 3.76. The lowest BCUT2D eigenvalue weighted by Gasteiger charge is -2.19. The molecule has 2 N–H and O–H groups in total. The van der Waals surface area contributed by atoms with E-state index in [0.29, 0.717) is 5.69 Å². The van der Waals surface area contributed by atoms with Gasteiger partial charge in [0.25, 0.3) is 15.7 Å². The van der Waals surface area contributed by atoms with Crippen molar-refractivity contribution in [1.82, 2.24) is 4.98 Å². The number of nitro groups is 1. The summed E-state index contributed by atoms with van der Waals surface area (Å²) in [6.45, 7) is 0. The molecule has 110 valence electrons. The molecule has 8 nitrogen and oxygen atoms in total. The normalized spacial score (nSPS) is 11.1. The number of anilines is 2. The minimum atomic E-state index is -3.92. The van der Waals surface area contributed by atoms with Crippen LogP contribution in [0.5, 0.6) is 0 Å². The number of rotatable bonds is 4. The zero-order chi connectivity index (χ0) is 15.6. The minimum absolute atomic E-state index is 0.181. The number of nitrogen functional groups attached to an aromatic ring is 1. The Labute approximate surface area is 121 Å². The van der Waals surface area contributed by atoms with E-state index in [4.69, 9.17) is 5.73 Å². The number of nitrogens with zero attached hydrogens (tertiary/aromatic N) is 3. The van der Waals surface area contributed by atoms with Crippen LogP contribution >= 0.6 is 0 Å². The molecule has 0 bridgehead atoms. The van der Waals surface area contributed by atoms with Crippen LogP contribution in [0.1, 0.15) is 0 Å². The molecule has 2 rings (SSSR count). The molecule has 0 spiro atoms. The van der Waals surface area contributed by atoms with E-state index >= 15 is 0 Å². The van der Waals surface area contributed by atoms with Crippen molar-refractivity contribution < 1.29 is 13.3 Å².